The summed E-state index contributed by atoms with van der Waals surface area (Å²) in [6, 6.07) is 7.66. The minimum absolute atomic E-state index is 0.0906. The zero-order valence-corrected chi connectivity index (χ0v) is 13.6. The molecule has 1 aliphatic rings. The lowest BCUT2D eigenvalue weighted by atomic mass is 9.96. The number of rotatable bonds is 4. The van der Waals surface area contributed by atoms with Gasteiger partial charge in [-0.1, -0.05) is 47.3 Å². The molecule has 106 valence electrons. The lowest BCUT2D eigenvalue weighted by Gasteiger charge is -2.30. The predicted molar refractivity (Wildman–Crippen MR) is 81.4 cm³/mol. The fourth-order valence-electron chi connectivity index (χ4n) is 2.56. The zero-order chi connectivity index (χ0) is 13.9. The second-order valence-corrected chi connectivity index (χ2v) is 8.13. The largest absolute Gasteiger partial charge is 0.218 e. The Morgan fingerprint density at radius 3 is 2.32 bits per heavy atom. The van der Waals surface area contributed by atoms with E-state index in [0.29, 0.717) is 0 Å². The van der Waals surface area contributed by atoms with Crippen molar-refractivity contribution in [3.63, 3.8) is 0 Å². The molecule has 0 heterocycles. The SMILES string of the molecule is CN(C1CCCCC1)S(=O)(=O)Cc1ccc(Br)cc1. The summed E-state index contributed by atoms with van der Waals surface area (Å²) < 4.78 is 27.4. The van der Waals surface area contributed by atoms with Gasteiger partial charge >= 0.3 is 0 Å². The van der Waals surface area contributed by atoms with E-state index in [1.54, 1.807) is 11.4 Å². The van der Waals surface area contributed by atoms with E-state index in [9.17, 15) is 8.42 Å². The van der Waals surface area contributed by atoms with Crippen molar-refractivity contribution in [2.75, 3.05) is 7.05 Å². The van der Waals surface area contributed by atoms with E-state index in [4.69, 9.17) is 0 Å². The van der Waals surface area contributed by atoms with Crippen LogP contribution >= 0.6 is 15.9 Å². The molecule has 3 nitrogen and oxygen atoms in total. The third-order valence-electron chi connectivity index (χ3n) is 3.79. The quantitative estimate of drug-likeness (QED) is 0.836. The third-order valence-corrected chi connectivity index (χ3v) is 6.19. The molecule has 0 bridgehead atoms. The van der Waals surface area contributed by atoms with Gasteiger partial charge in [0, 0.05) is 17.6 Å². The van der Waals surface area contributed by atoms with E-state index in [2.05, 4.69) is 15.9 Å². The molecule has 0 saturated heterocycles. The Morgan fingerprint density at radius 1 is 1.16 bits per heavy atom. The van der Waals surface area contributed by atoms with Crippen molar-refractivity contribution in [2.24, 2.45) is 0 Å². The summed E-state index contributed by atoms with van der Waals surface area (Å²) in [5.41, 5.74) is 0.839. The van der Waals surface area contributed by atoms with Gasteiger partial charge in [0.05, 0.1) is 5.75 Å². The highest BCUT2D eigenvalue weighted by atomic mass is 79.9. The highest BCUT2D eigenvalue weighted by molar-refractivity contribution is 9.10. The Hall–Kier alpha value is -0.390. The number of sulfonamides is 1. The Kier molecular flexibility index (Phi) is 5.03. The summed E-state index contributed by atoms with van der Waals surface area (Å²) in [6.07, 6.45) is 5.51. The third kappa shape index (κ3) is 4.04. The molecule has 1 saturated carbocycles. The number of nitrogens with zero attached hydrogens (tertiary/aromatic N) is 1. The van der Waals surface area contributed by atoms with Gasteiger partial charge < -0.3 is 0 Å². The topological polar surface area (TPSA) is 37.4 Å². The van der Waals surface area contributed by atoms with Gasteiger partial charge in [-0.25, -0.2) is 12.7 Å². The van der Waals surface area contributed by atoms with Crippen molar-refractivity contribution in [3.05, 3.63) is 34.3 Å². The molecule has 0 aliphatic heterocycles. The highest BCUT2D eigenvalue weighted by Crippen LogP contribution is 2.25. The Bertz CT molecular complexity index is 507. The molecule has 0 N–H and O–H groups in total. The van der Waals surface area contributed by atoms with Crippen LogP contribution in [0.2, 0.25) is 0 Å². The summed E-state index contributed by atoms with van der Waals surface area (Å²) in [4.78, 5) is 0. The Balaban J connectivity index is 2.06. The maximum absolute atomic E-state index is 12.4. The molecule has 0 amide bonds. The Morgan fingerprint density at radius 2 is 1.74 bits per heavy atom. The van der Waals surface area contributed by atoms with Crippen molar-refractivity contribution in [2.45, 2.75) is 43.9 Å². The lowest BCUT2D eigenvalue weighted by Crippen LogP contribution is -2.38. The maximum Gasteiger partial charge on any atom is 0.218 e. The van der Waals surface area contributed by atoms with Crippen molar-refractivity contribution < 1.29 is 8.42 Å². The van der Waals surface area contributed by atoms with Crippen molar-refractivity contribution >= 4 is 26.0 Å². The molecule has 0 aromatic heterocycles. The van der Waals surface area contributed by atoms with Crippen LogP contribution in [-0.4, -0.2) is 25.8 Å². The van der Waals surface area contributed by atoms with E-state index >= 15 is 0 Å². The van der Waals surface area contributed by atoms with Gasteiger partial charge in [-0.05, 0) is 30.5 Å². The second kappa shape index (κ2) is 6.37. The van der Waals surface area contributed by atoms with Gasteiger partial charge in [0.25, 0.3) is 0 Å². The minimum Gasteiger partial charge on any atom is -0.212 e. The molecule has 2 rings (SSSR count). The molecule has 19 heavy (non-hydrogen) atoms. The van der Waals surface area contributed by atoms with Crippen molar-refractivity contribution in [3.8, 4) is 0 Å². The van der Waals surface area contributed by atoms with Crippen LogP contribution in [0.15, 0.2) is 28.7 Å². The van der Waals surface area contributed by atoms with Crippen LogP contribution < -0.4 is 0 Å². The number of benzene rings is 1. The molecule has 0 spiro atoms. The minimum atomic E-state index is -3.21. The van der Waals surface area contributed by atoms with E-state index in [-0.39, 0.29) is 11.8 Å². The molecule has 0 atom stereocenters. The zero-order valence-electron chi connectivity index (χ0n) is 11.2. The number of hydrogen-bond donors (Lipinski definition) is 0. The fourth-order valence-corrected chi connectivity index (χ4v) is 4.31. The number of halogens is 1. The van der Waals surface area contributed by atoms with E-state index in [0.717, 1.165) is 35.7 Å². The van der Waals surface area contributed by atoms with Crippen molar-refractivity contribution in [1.82, 2.24) is 4.31 Å². The molecule has 5 heteroatoms. The van der Waals surface area contributed by atoms with Crippen LogP contribution in [0, 0.1) is 0 Å². The summed E-state index contributed by atoms with van der Waals surface area (Å²) >= 11 is 3.36. The molecular formula is C14H20BrNO2S. The molecule has 0 radical (unpaired) electrons. The molecule has 1 fully saturated rings. The standard InChI is InChI=1S/C14H20BrNO2S/c1-16(14-5-3-2-4-6-14)19(17,18)11-12-7-9-13(15)10-8-12/h7-10,14H,2-6,11H2,1H3. The summed E-state index contributed by atoms with van der Waals surface area (Å²) in [5, 5.41) is 0. The summed E-state index contributed by atoms with van der Waals surface area (Å²) in [7, 11) is -1.48. The predicted octanol–water partition coefficient (Wildman–Crippen LogP) is 3.54. The van der Waals surface area contributed by atoms with Crippen LogP contribution in [0.3, 0.4) is 0 Å². The normalized spacial score (nSPS) is 17.8. The van der Waals surface area contributed by atoms with Gasteiger partial charge in [-0.2, -0.15) is 0 Å². The lowest BCUT2D eigenvalue weighted by molar-refractivity contribution is 0.285. The molecule has 1 aliphatic carbocycles. The van der Waals surface area contributed by atoms with Gasteiger partial charge in [-0.3, -0.25) is 0 Å². The van der Waals surface area contributed by atoms with Crippen molar-refractivity contribution in [1.29, 1.82) is 0 Å². The second-order valence-electron chi connectivity index (χ2n) is 5.19. The summed E-state index contributed by atoms with van der Waals surface area (Å²) in [5.74, 6) is 0.0906. The first-order valence-electron chi connectivity index (χ1n) is 6.69. The highest BCUT2D eigenvalue weighted by Gasteiger charge is 2.27. The van der Waals surface area contributed by atoms with E-state index in [1.807, 2.05) is 24.3 Å². The van der Waals surface area contributed by atoms with E-state index in [1.165, 1.54) is 6.42 Å². The van der Waals surface area contributed by atoms with Crippen LogP contribution in [0.4, 0.5) is 0 Å². The van der Waals surface area contributed by atoms with Gasteiger partial charge in [0.1, 0.15) is 0 Å². The first kappa shape index (κ1) is 15.0. The summed E-state index contributed by atoms with van der Waals surface area (Å²) in [6.45, 7) is 0. The van der Waals surface area contributed by atoms with Crippen LogP contribution in [0.1, 0.15) is 37.7 Å². The van der Waals surface area contributed by atoms with Gasteiger partial charge in [0.15, 0.2) is 0 Å². The van der Waals surface area contributed by atoms with Gasteiger partial charge in [-0.15, -0.1) is 0 Å². The van der Waals surface area contributed by atoms with Crippen LogP contribution in [0.5, 0.6) is 0 Å². The van der Waals surface area contributed by atoms with Gasteiger partial charge in [0.2, 0.25) is 10.0 Å². The van der Waals surface area contributed by atoms with E-state index < -0.39 is 10.0 Å². The number of hydrogen-bond acceptors (Lipinski definition) is 2. The van der Waals surface area contributed by atoms with Crippen LogP contribution in [-0.2, 0) is 15.8 Å². The molecule has 1 aromatic carbocycles. The first-order chi connectivity index (χ1) is 8.99. The Labute approximate surface area is 124 Å². The fraction of sp³-hybridized carbons (Fsp3) is 0.571. The smallest absolute Gasteiger partial charge is 0.212 e. The molecule has 1 aromatic rings. The monoisotopic (exact) mass is 345 g/mol. The first-order valence-corrected chi connectivity index (χ1v) is 9.09. The maximum atomic E-state index is 12.4. The molecular weight excluding hydrogens is 326 g/mol. The van der Waals surface area contributed by atoms with Crippen LogP contribution in [0.25, 0.3) is 0 Å². The average molecular weight is 346 g/mol. The average Bonchev–Trinajstić information content (AvgIpc) is 2.41. The molecule has 0 unspecified atom stereocenters.